The minimum absolute atomic E-state index is 0.0502. The number of nitrogens with zero attached hydrogens (tertiary/aromatic N) is 3. The van der Waals surface area contributed by atoms with Crippen LogP contribution >= 0.6 is 11.8 Å². The molecular weight excluding hydrogens is 316 g/mol. The summed E-state index contributed by atoms with van der Waals surface area (Å²) in [7, 11) is 1.72. The fourth-order valence-corrected chi connectivity index (χ4v) is 2.52. The molecule has 2 amide bonds. The topological polar surface area (TPSA) is 88.3 Å². The van der Waals surface area contributed by atoms with Gasteiger partial charge in [0.05, 0.1) is 23.7 Å². The van der Waals surface area contributed by atoms with Crippen molar-refractivity contribution in [1.82, 2.24) is 15.0 Å². The van der Waals surface area contributed by atoms with Gasteiger partial charge < -0.3 is 14.7 Å². The number of anilines is 1. The summed E-state index contributed by atoms with van der Waals surface area (Å²) in [6.45, 7) is 2.19. The van der Waals surface area contributed by atoms with Crippen molar-refractivity contribution < 1.29 is 14.1 Å². The van der Waals surface area contributed by atoms with Crippen molar-refractivity contribution in [3.63, 3.8) is 0 Å². The second-order valence-corrected chi connectivity index (χ2v) is 5.92. The van der Waals surface area contributed by atoms with Gasteiger partial charge >= 0.3 is 0 Å². The number of rotatable bonds is 7. The highest BCUT2D eigenvalue weighted by Gasteiger charge is 2.12. The van der Waals surface area contributed by atoms with Crippen LogP contribution in [0.3, 0.4) is 0 Å². The molecule has 0 radical (unpaired) electrons. The van der Waals surface area contributed by atoms with E-state index in [2.05, 4.69) is 15.5 Å². The average Bonchev–Trinajstić information content (AvgIpc) is 2.93. The van der Waals surface area contributed by atoms with E-state index in [0.717, 1.165) is 5.69 Å². The summed E-state index contributed by atoms with van der Waals surface area (Å²) in [6.07, 6.45) is 1.69. The van der Waals surface area contributed by atoms with Gasteiger partial charge in [-0.3, -0.25) is 14.6 Å². The smallest absolute Gasteiger partial charge is 0.235 e. The summed E-state index contributed by atoms with van der Waals surface area (Å²) in [5, 5.41) is 6.28. The SMILES string of the molecule is Cc1cc(NC(=O)CSCC(=O)N(C)Cc2ccccn2)no1. The Kier molecular flexibility index (Phi) is 6.16. The Labute approximate surface area is 138 Å². The molecule has 2 aromatic heterocycles. The quantitative estimate of drug-likeness (QED) is 0.829. The fraction of sp³-hybridized carbons (Fsp3) is 0.333. The molecule has 0 saturated carbocycles. The van der Waals surface area contributed by atoms with Gasteiger partial charge in [0, 0.05) is 19.3 Å². The predicted molar refractivity (Wildman–Crippen MR) is 87.9 cm³/mol. The number of carbonyl (C=O) groups is 2. The highest BCUT2D eigenvalue weighted by atomic mass is 32.2. The molecule has 122 valence electrons. The van der Waals surface area contributed by atoms with Crippen molar-refractivity contribution in [2.75, 3.05) is 23.9 Å². The predicted octanol–water partition coefficient (Wildman–Crippen LogP) is 1.71. The van der Waals surface area contributed by atoms with Crippen molar-refractivity contribution in [2.24, 2.45) is 0 Å². The van der Waals surface area contributed by atoms with Gasteiger partial charge in [-0.1, -0.05) is 11.2 Å². The Hall–Kier alpha value is -2.35. The van der Waals surface area contributed by atoms with Crippen LogP contribution in [0.15, 0.2) is 35.0 Å². The van der Waals surface area contributed by atoms with E-state index < -0.39 is 0 Å². The molecule has 8 heteroatoms. The summed E-state index contributed by atoms with van der Waals surface area (Å²) in [5.74, 6) is 1.14. The van der Waals surface area contributed by atoms with Gasteiger partial charge in [0.1, 0.15) is 5.76 Å². The molecule has 2 heterocycles. The van der Waals surface area contributed by atoms with E-state index in [1.165, 1.54) is 11.8 Å². The van der Waals surface area contributed by atoms with E-state index in [0.29, 0.717) is 18.1 Å². The third-order valence-corrected chi connectivity index (χ3v) is 3.82. The molecule has 23 heavy (non-hydrogen) atoms. The Morgan fingerprint density at radius 1 is 1.35 bits per heavy atom. The third kappa shape index (κ3) is 5.74. The monoisotopic (exact) mass is 334 g/mol. The van der Waals surface area contributed by atoms with Crippen LogP contribution in [0.4, 0.5) is 5.82 Å². The Bertz CT molecular complexity index is 660. The van der Waals surface area contributed by atoms with Gasteiger partial charge in [-0.25, -0.2) is 0 Å². The highest BCUT2D eigenvalue weighted by Crippen LogP contribution is 2.09. The normalized spacial score (nSPS) is 10.3. The number of hydrogen-bond donors (Lipinski definition) is 1. The zero-order valence-corrected chi connectivity index (χ0v) is 13.8. The van der Waals surface area contributed by atoms with Crippen LogP contribution in [-0.4, -0.2) is 45.4 Å². The van der Waals surface area contributed by atoms with Gasteiger partial charge in [0.25, 0.3) is 0 Å². The first-order chi connectivity index (χ1) is 11.0. The molecule has 0 spiro atoms. The summed E-state index contributed by atoms with van der Waals surface area (Å²) < 4.78 is 4.86. The Balaban J connectivity index is 1.68. The van der Waals surface area contributed by atoms with Crippen molar-refractivity contribution in [3.05, 3.63) is 41.9 Å². The summed E-state index contributed by atoms with van der Waals surface area (Å²) in [4.78, 5) is 29.5. The van der Waals surface area contributed by atoms with Gasteiger partial charge in [-0.15, -0.1) is 11.8 Å². The third-order valence-electron chi connectivity index (χ3n) is 2.91. The van der Waals surface area contributed by atoms with Crippen molar-refractivity contribution in [3.8, 4) is 0 Å². The number of amides is 2. The number of thioether (sulfide) groups is 1. The van der Waals surface area contributed by atoms with Crippen LogP contribution in [0.25, 0.3) is 0 Å². The average molecular weight is 334 g/mol. The lowest BCUT2D eigenvalue weighted by Crippen LogP contribution is -2.28. The lowest BCUT2D eigenvalue weighted by molar-refractivity contribution is -0.127. The second kappa shape index (κ2) is 8.33. The Morgan fingerprint density at radius 3 is 2.83 bits per heavy atom. The molecule has 0 unspecified atom stereocenters. The summed E-state index contributed by atoms with van der Waals surface area (Å²) in [6, 6.07) is 7.21. The molecule has 0 aliphatic rings. The molecule has 0 saturated heterocycles. The standard InChI is InChI=1S/C15H18N4O3S/c1-11-7-13(18-22-11)17-14(20)9-23-10-15(21)19(2)8-12-5-3-4-6-16-12/h3-7H,8-10H2,1-2H3,(H,17,18,20). The maximum atomic E-state index is 12.0. The molecule has 7 nitrogen and oxygen atoms in total. The molecule has 0 aliphatic heterocycles. The van der Waals surface area contributed by atoms with Crippen molar-refractivity contribution in [2.45, 2.75) is 13.5 Å². The zero-order valence-electron chi connectivity index (χ0n) is 13.0. The van der Waals surface area contributed by atoms with Crippen LogP contribution < -0.4 is 5.32 Å². The molecule has 0 atom stereocenters. The van der Waals surface area contributed by atoms with Crippen LogP contribution in [0.1, 0.15) is 11.5 Å². The largest absolute Gasteiger partial charge is 0.360 e. The second-order valence-electron chi connectivity index (χ2n) is 4.93. The Morgan fingerprint density at radius 2 is 2.17 bits per heavy atom. The first-order valence-corrected chi connectivity index (χ1v) is 8.15. The van der Waals surface area contributed by atoms with Gasteiger partial charge in [0.2, 0.25) is 11.8 Å². The lowest BCUT2D eigenvalue weighted by atomic mass is 10.3. The minimum Gasteiger partial charge on any atom is -0.360 e. The maximum absolute atomic E-state index is 12.0. The van der Waals surface area contributed by atoms with Gasteiger partial charge in [-0.05, 0) is 19.1 Å². The van der Waals surface area contributed by atoms with Crippen LogP contribution in [0.2, 0.25) is 0 Å². The van der Waals surface area contributed by atoms with E-state index in [1.54, 1.807) is 31.1 Å². The molecule has 0 bridgehead atoms. The fourth-order valence-electron chi connectivity index (χ4n) is 1.77. The minimum atomic E-state index is -0.219. The lowest BCUT2D eigenvalue weighted by Gasteiger charge is -2.16. The number of carbonyl (C=O) groups excluding carboxylic acids is 2. The van der Waals surface area contributed by atoms with Gasteiger partial charge in [0.15, 0.2) is 5.82 Å². The van der Waals surface area contributed by atoms with E-state index in [1.807, 2.05) is 18.2 Å². The zero-order chi connectivity index (χ0) is 16.7. The van der Waals surface area contributed by atoms with Gasteiger partial charge in [-0.2, -0.15) is 0 Å². The number of hydrogen-bond acceptors (Lipinski definition) is 6. The molecule has 0 fully saturated rings. The molecular formula is C15H18N4O3S. The summed E-state index contributed by atoms with van der Waals surface area (Å²) in [5.41, 5.74) is 0.826. The summed E-state index contributed by atoms with van der Waals surface area (Å²) >= 11 is 1.25. The number of pyridine rings is 1. The van der Waals surface area contributed by atoms with E-state index in [-0.39, 0.29) is 23.3 Å². The number of aromatic nitrogens is 2. The van der Waals surface area contributed by atoms with Crippen LogP contribution in [0, 0.1) is 6.92 Å². The molecule has 0 aromatic carbocycles. The molecule has 1 N–H and O–H groups in total. The van der Waals surface area contributed by atoms with Crippen LogP contribution in [0.5, 0.6) is 0 Å². The maximum Gasteiger partial charge on any atom is 0.235 e. The van der Waals surface area contributed by atoms with Crippen LogP contribution in [-0.2, 0) is 16.1 Å². The van der Waals surface area contributed by atoms with Crippen molar-refractivity contribution >= 4 is 29.4 Å². The molecule has 2 rings (SSSR count). The van der Waals surface area contributed by atoms with E-state index in [9.17, 15) is 9.59 Å². The number of aryl methyl sites for hydroxylation is 1. The first kappa shape index (κ1) is 17.0. The van der Waals surface area contributed by atoms with E-state index in [4.69, 9.17) is 4.52 Å². The highest BCUT2D eigenvalue weighted by molar-refractivity contribution is 8.00. The van der Waals surface area contributed by atoms with E-state index >= 15 is 0 Å². The first-order valence-electron chi connectivity index (χ1n) is 6.99. The van der Waals surface area contributed by atoms with Crippen molar-refractivity contribution in [1.29, 1.82) is 0 Å². The molecule has 0 aliphatic carbocycles. The molecule has 2 aromatic rings. The number of nitrogens with one attached hydrogen (secondary N) is 1.